The maximum atomic E-state index is 12.3. The third-order valence-corrected chi connectivity index (χ3v) is 5.46. The molecule has 3 aromatic rings. The number of halogens is 1. The van der Waals surface area contributed by atoms with Gasteiger partial charge in [-0.2, -0.15) is 8.42 Å². The minimum Gasteiger partial charge on any atom is -0.453 e. The number of nitrogens with zero attached hydrogens (tertiary/aromatic N) is 1. The lowest BCUT2D eigenvalue weighted by molar-refractivity contribution is 0.570. The summed E-state index contributed by atoms with van der Waals surface area (Å²) in [6.07, 6.45) is 0. The molecule has 120 valence electrons. The number of furan rings is 1. The standard InChI is InChI=1S/C17H11BrN2O3S/c18-12-7-5-11(6-8-12)14-9-10-15(23-14)17-19-13-3-1-2-4-16(13)24(21,22)20-17/h1-10H,(H,19,20). The number of para-hydroxylation sites is 1. The number of nitrogens with one attached hydrogen (secondary N) is 1. The quantitative estimate of drug-likeness (QED) is 0.694. The van der Waals surface area contributed by atoms with Crippen LogP contribution in [0.2, 0.25) is 0 Å². The molecule has 0 saturated carbocycles. The van der Waals surface area contributed by atoms with Gasteiger partial charge >= 0.3 is 0 Å². The maximum absolute atomic E-state index is 12.3. The van der Waals surface area contributed by atoms with Gasteiger partial charge in [-0.1, -0.05) is 40.2 Å². The summed E-state index contributed by atoms with van der Waals surface area (Å²) in [7, 11) is -3.74. The molecule has 0 spiro atoms. The van der Waals surface area contributed by atoms with Crippen LogP contribution in [0.3, 0.4) is 0 Å². The summed E-state index contributed by atoms with van der Waals surface area (Å²) < 4.78 is 35.2. The Balaban J connectivity index is 1.73. The zero-order valence-electron chi connectivity index (χ0n) is 12.2. The van der Waals surface area contributed by atoms with Crippen LogP contribution < -0.4 is 5.32 Å². The Hall–Kier alpha value is -2.38. The molecule has 0 aliphatic carbocycles. The first kappa shape index (κ1) is 15.2. The second-order valence-electron chi connectivity index (χ2n) is 5.21. The van der Waals surface area contributed by atoms with E-state index in [4.69, 9.17) is 4.42 Å². The lowest BCUT2D eigenvalue weighted by atomic mass is 10.2. The van der Waals surface area contributed by atoms with Gasteiger partial charge in [-0.15, -0.1) is 4.40 Å². The Morgan fingerprint density at radius 3 is 2.42 bits per heavy atom. The summed E-state index contributed by atoms with van der Waals surface area (Å²) in [6.45, 7) is 0. The van der Waals surface area contributed by atoms with E-state index in [1.54, 1.807) is 30.3 Å². The molecule has 0 bridgehead atoms. The van der Waals surface area contributed by atoms with Crippen molar-refractivity contribution < 1.29 is 12.8 Å². The molecule has 24 heavy (non-hydrogen) atoms. The highest BCUT2D eigenvalue weighted by Gasteiger charge is 2.26. The first-order valence-corrected chi connectivity index (χ1v) is 9.33. The molecule has 1 aliphatic heterocycles. The van der Waals surface area contributed by atoms with E-state index in [0.29, 0.717) is 17.2 Å². The molecule has 2 aromatic carbocycles. The fourth-order valence-corrected chi connectivity index (χ4v) is 3.84. The van der Waals surface area contributed by atoms with Gasteiger partial charge in [0.25, 0.3) is 10.0 Å². The van der Waals surface area contributed by atoms with Crippen molar-refractivity contribution in [2.45, 2.75) is 4.90 Å². The van der Waals surface area contributed by atoms with Crippen molar-refractivity contribution in [2.75, 3.05) is 5.32 Å². The van der Waals surface area contributed by atoms with Gasteiger partial charge in [0.2, 0.25) is 0 Å². The number of anilines is 1. The van der Waals surface area contributed by atoms with E-state index in [-0.39, 0.29) is 10.7 Å². The number of hydrogen-bond acceptors (Lipinski definition) is 4. The molecule has 0 amide bonds. The first-order valence-electron chi connectivity index (χ1n) is 7.10. The van der Waals surface area contributed by atoms with Gasteiger partial charge in [-0.25, -0.2) is 0 Å². The summed E-state index contributed by atoms with van der Waals surface area (Å²) in [4.78, 5) is 0.161. The lowest BCUT2D eigenvalue weighted by Gasteiger charge is -2.16. The molecule has 1 N–H and O–H groups in total. The van der Waals surface area contributed by atoms with E-state index >= 15 is 0 Å². The molecule has 4 rings (SSSR count). The van der Waals surface area contributed by atoms with Crippen LogP contribution in [0.25, 0.3) is 11.3 Å². The molecule has 0 fully saturated rings. The van der Waals surface area contributed by atoms with Gasteiger partial charge < -0.3 is 9.73 Å². The van der Waals surface area contributed by atoms with Crippen LogP contribution in [-0.4, -0.2) is 14.3 Å². The molecule has 1 aromatic heterocycles. The van der Waals surface area contributed by atoms with Crippen LogP contribution in [0.4, 0.5) is 5.69 Å². The normalized spacial score (nSPS) is 15.3. The first-order chi connectivity index (χ1) is 11.5. The minimum atomic E-state index is -3.74. The lowest BCUT2D eigenvalue weighted by Crippen LogP contribution is -2.21. The van der Waals surface area contributed by atoms with Crippen LogP contribution >= 0.6 is 15.9 Å². The maximum Gasteiger partial charge on any atom is 0.286 e. The highest BCUT2D eigenvalue weighted by molar-refractivity contribution is 9.10. The molecular weight excluding hydrogens is 392 g/mol. The van der Waals surface area contributed by atoms with Crippen molar-refractivity contribution in [2.24, 2.45) is 4.40 Å². The van der Waals surface area contributed by atoms with Gasteiger partial charge in [0.05, 0.1) is 5.69 Å². The van der Waals surface area contributed by atoms with Crippen molar-refractivity contribution in [3.05, 3.63) is 70.9 Å². The molecule has 0 atom stereocenters. The molecule has 5 nitrogen and oxygen atoms in total. The largest absolute Gasteiger partial charge is 0.453 e. The van der Waals surface area contributed by atoms with Crippen molar-refractivity contribution in [1.82, 2.24) is 0 Å². The third-order valence-electron chi connectivity index (χ3n) is 3.60. The van der Waals surface area contributed by atoms with Gasteiger partial charge in [0, 0.05) is 10.0 Å². The number of sulfonamides is 1. The van der Waals surface area contributed by atoms with Crippen LogP contribution in [0.15, 0.2) is 78.8 Å². The average Bonchev–Trinajstić information content (AvgIpc) is 3.05. The van der Waals surface area contributed by atoms with Gasteiger partial charge in [0.15, 0.2) is 11.6 Å². The molecule has 1 aliphatic rings. The zero-order valence-corrected chi connectivity index (χ0v) is 14.6. The summed E-state index contributed by atoms with van der Waals surface area (Å²) in [5, 5.41) is 3.01. The third kappa shape index (κ3) is 2.65. The van der Waals surface area contributed by atoms with E-state index in [1.165, 1.54) is 6.07 Å². The van der Waals surface area contributed by atoms with E-state index < -0.39 is 10.0 Å². The Kier molecular flexibility index (Phi) is 3.54. The predicted octanol–water partition coefficient (Wildman–Crippen LogP) is 4.27. The van der Waals surface area contributed by atoms with Crippen molar-refractivity contribution in [3.8, 4) is 11.3 Å². The monoisotopic (exact) mass is 402 g/mol. The summed E-state index contributed by atoms with van der Waals surface area (Å²) in [6, 6.07) is 17.8. The highest BCUT2D eigenvalue weighted by Crippen LogP contribution is 2.30. The SMILES string of the molecule is O=S1(=O)N=C(c2ccc(-c3ccc(Br)cc3)o2)Nc2ccccc21. The van der Waals surface area contributed by atoms with Crippen molar-refractivity contribution >= 4 is 37.5 Å². The molecular formula is C17H11BrN2O3S. The summed E-state index contributed by atoms with van der Waals surface area (Å²) in [5.74, 6) is 1.18. The number of benzene rings is 2. The van der Waals surface area contributed by atoms with E-state index in [1.807, 2.05) is 24.3 Å². The van der Waals surface area contributed by atoms with Crippen LogP contribution in [0.1, 0.15) is 5.76 Å². The molecule has 0 saturated heterocycles. The fourth-order valence-electron chi connectivity index (χ4n) is 2.46. The summed E-state index contributed by atoms with van der Waals surface area (Å²) in [5.41, 5.74) is 1.38. The number of rotatable bonds is 2. The number of amidine groups is 1. The second kappa shape index (κ2) is 5.61. The molecule has 0 radical (unpaired) electrons. The zero-order chi connectivity index (χ0) is 16.7. The smallest absolute Gasteiger partial charge is 0.286 e. The Labute approximate surface area is 147 Å². The van der Waals surface area contributed by atoms with Crippen molar-refractivity contribution in [1.29, 1.82) is 0 Å². The second-order valence-corrected chi connectivity index (χ2v) is 7.70. The van der Waals surface area contributed by atoms with Crippen molar-refractivity contribution in [3.63, 3.8) is 0 Å². The number of hydrogen-bond donors (Lipinski definition) is 1. The van der Waals surface area contributed by atoms with E-state index in [0.717, 1.165) is 10.0 Å². The average molecular weight is 403 g/mol. The van der Waals surface area contributed by atoms with Crippen LogP contribution in [0, 0.1) is 0 Å². The van der Waals surface area contributed by atoms with Crippen LogP contribution in [0.5, 0.6) is 0 Å². The fraction of sp³-hybridized carbons (Fsp3) is 0. The predicted molar refractivity (Wildman–Crippen MR) is 95.6 cm³/mol. The Morgan fingerprint density at radius 1 is 0.917 bits per heavy atom. The Morgan fingerprint density at radius 2 is 1.62 bits per heavy atom. The topological polar surface area (TPSA) is 71.7 Å². The van der Waals surface area contributed by atoms with Gasteiger partial charge in [-0.05, 0) is 36.4 Å². The van der Waals surface area contributed by atoms with Crippen LogP contribution in [-0.2, 0) is 10.0 Å². The van der Waals surface area contributed by atoms with Gasteiger partial charge in [0.1, 0.15) is 10.7 Å². The van der Waals surface area contributed by atoms with E-state index in [2.05, 4.69) is 25.6 Å². The molecule has 2 heterocycles. The summed E-state index contributed by atoms with van der Waals surface area (Å²) >= 11 is 3.39. The molecule has 7 heteroatoms. The Bertz CT molecular complexity index is 1050. The molecule has 0 unspecified atom stereocenters. The van der Waals surface area contributed by atoms with Gasteiger partial charge in [-0.3, -0.25) is 0 Å². The number of fused-ring (bicyclic) bond motifs is 1. The van der Waals surface area contributed by atoms with E-state index in [9.17, 15) is 8.42 Å². The highest BCUT2D eigenvalue weighted by atomic mass is 79.9. The minimum absolute atomic E-state index is 0.161.